The van der Waals surface area contributed by atoms with Crippen LogP contribution in [-0.2, 0) is 4.74 Å². The van der Waals surface area contributed by atoms with E-state index < -0.39 is 0 Å². The molecule has 106 valence electrons. The Labute approximate surface area is 119 Å². The average molecular weight is 272 g/mol. The molecular formula is C16H20N2O2. The van der Waals surface area contributed by atoms with Crippen molar-refractivity contribution in [2.75, 3.05) is 26.3 Å². The minimum atomic E-state index is 0.0297. The first kappa shape index (κ1) is 14.6. The van der Waals surface area contributed by atoms with Crippen LogP contribution < -0.4 is 5.73 Å². The third-order valence-electron chi connectivity index (χ3n) is 3.44. The Morgan fingerprint density at radius 1 is 1.50 bits per heavy atom. The molecule has 2 rings (SSSR count). The number of morpholine rings is 1. The van der Waals surface area contributed by atoms with Crippen molar-refractivity contribution in [1.29, 1.82) is 0 Å². The second-order valence-electron chi connectivity index (χ2n) is 4.69. The van der Waals surface area contributed by atoms with Crippen LogP contribution in [0.15, 0.2) is 24.3 Å². The lowest BCUT2D eigenvalue weighted by molar-refractivity contribution is -0.00281. The van der Waals surface area contributed by atoms with Crippen LogP contribution in [0.1, 0.15) is 29.3 Å². The highest BCUT2D eigenvalue weighted by Crippen LogP contribution is 2.17. The van der Waals surface area contributed by atoms with Crippen LogP contribution in [0.3, 0.4) is 0 Å². The highest BCUT2D eigenvalue weighted by molar-refractivity contribution is 5.97. The molecule has 4 nitrogen and oxygen atoms in total. The van der Waals surface area contributed by atoms with Gasteiger partial charge in [-0.2, -0.15) is 0 Å². The lowest BCUT2D eigenvalue weighted by Gasteiger charge is -2.35. The van der Waals surface area contributed by atoms with Gasteiger partial charge in [0.15, 0.2) is 0 Å². The van der Waals surface area contributed by atoms with E-state index in [1.165, 1.54) is 0 Å². The van der Waals surface area contributed by atoms with Crippen molar-refractivity contribution in [3.8, 4) is 11.8 Å². The lowest BCUT2D eigenvalue weighted by atomic mass is 10.0. The highest BCUT2D eigenvalue weighted by atomic mass is 16.5. The summed E-state index contributed by atoms with van der Waals surface area (Å²) in [6, 6.07) is 7.57. The number of amides is 1. The van der Waals surface area contributed by atoms with Crippen molar-refractivity contribution in [1.82, 2.24) is 4.90 Å². The molecule has 1 saturated heterocycles. The van der Waals surface area contributed by atoms with E-state index in [2.05, 4.69) is 18.8 Å². The summed E-state index contributed by atoms with van der Waals surface area (Å²) >= 11 is 0. The Balaban J connectivity index is 2.28. The molecule has 0 saturated carbocycles. The Bertz CT molecular complexity index is 531. The van der Waals surface area contributed by atoms with E-state index in [-0.39, 0.29) is 18.5 Å². The number of hydrogen-bond donors (Lipinski definition) is 1. The van der Waals surface area contributed by atoms with E-state index in [0.29, 0.717) is 25.3 Å². The Morgan fingerprint density at radius 3 is 3.05 bits per heavy atom. The average Bonchev–Trinajstić information content (AvgIpc) is 2.52. The molecule has 0 spiro atoms. The molecule has 0 aliphatic carbocycles. The molecular weight excluding hydrogens is 252 g/mol. The smallest absolute Gasteiger partial charge is 0.255 e. The zero-order chi connectivity index (χ0) is 14.4. The van der Waals surface area contributed by atoms with E-state index in [1.54, 1.807) is 0 Å². The maximum atomic E-state index is 12.7. The van der Waals surface area contributed by atoms with Crippen LogP contribution in [0.4, 0.5) is 0 Å². The summed E-state index contributed by atoms with van der Waals surface area (Å²) in [6.45, 7) is 4.20. The first-order valence-electron chi connectivity index (χ1n) is 6.94. The van der Waals surface area contributed by atoms with E-state index in [1.807, 2.05) is 29.2 Å². The number of hydrogen-bond acceptors (Lipinski definition) is 3. The molecule has 2 N–H and O–H groups in total. The SMILES string of the molecule is CCC1COCCN1C(=O)c1ccccc1C#CCN. The van der Waals surface area contributed by atoms with Gasteiger partial charge < -0.3 is 15.4 Å². The maximum absolute atomic E-state index is 12.7. The van der Waals surface area contributed by atoms with Gasteiger partial charge in [0.1, 0.15) is 0 Å². The predicted molar refractivity (Wildman–Crippen MR) is 78.3 cm³/mol. The third-order valence-corrected chi connectivity index (χ3v) is 3.44. The number of ether oxygens (including phenoxy) is 1. The van der Waals surface area contributed by atoms with Crippen LogP contribution in [0.2, 0.25) is 0 Å². The fraction of sp³-hybridized carbons (Fsp3) is 0.438. The van der Waals surface area contributed by atoms with E-state index >= 15 is 0 Å². The minimum absolute atomic E-state index is 0.0297. The fourth-order valence-corrected chi connectivity index (χ4v) is 2.34. The normalized spacial score (nSPS) is 18.3. The second-order valence-corrected chi connectivity index (χ2v) is 4.69. The summed E-state index contributed by atoms with van der Waals surface area (Å²) < 4.78 is 5.45. The lowest BCUT2D eigenvalue weighted by Crippen LogP contribution is -2.48. The number of benzene rings is 1. The van der Waals surface area contributed by atoms with Crippen molar-refractivity contribution >= 4 is 5.91 Å². The molecule has 20 heavy (non-hydrogen) atoms. The molecule has 1 aromatic carbocycles. The molecule has 1 amide bonds. The van der Waals surface area contributed by atoms with Gasteiger partial charge in [0, 0.05) is 12.1 Å². The molecule has 1 fully saturated rings. The molecule has 0 aromatic heterocycles. The zero-order valence-electron chi connectivity index (χ0n) is 11.8. The Hall–Kier alpha value is -1.83. The molecule has 1 aliphatic rings. The van der Waals surface area contributed by atoms with E-state index in [4.69, 9.17) is 10.5 Å². The maximum Gasteiger partial charge on any atom is 0.255 e. The van der Waals surface area contributed by atoms with Gasteiger partial charge in [0.2, 0.25) is 0 Å². The van der Waals surface area contributed by atoms with Crippen molar-refractivity contribution in [3.63, 3.8) is 0 Å². The number of nitrogens with two attached hydrogens (primary N) is 1. The van der Waals surface area contributed by atoms with Crippen LogP contribution >= 0.6 is 0 Å². The Morgan fingerprint density at radius 2 is 2.30 bits per heavy atom. The number of carbonyl (C=O) groups is 1. The molecule has 4 heteroatoms. The summed E-state index contributed by atoms with van der Waals surface area (Å²) in [7, 11) is 0. The van der Waals surface area contributed by atoms with Gasteiger partial charge in [-0.3, -0.25) is 4.79 Å². The minimum Gasteiger partial charge on any atom is -0.377 e. The first-order valence-corrected chi connectivity index (χ1v) is 6.94. The van der Waals surface area contributed by atoms with Gasteiger partial charge in [-0.25, -0.2) is 0 Å². The molecule has 1 aromatic rings. The van der Waals surface area contributed by atoms with E-state index in [0.717, 1.165) is 12.0 Å². The van der Waals surface area contributed by atoms with Crippen LogP contribution in [0, 0.1) is 11.8 Å². The number of carbonyl (C=O) groups excluding carboxylic acids is 1. The molecule has 0 radical (unpaired) electrons. The monoisotopic (exact) mass is 272 g/mol. The van der Waals surface area contributed by atoms with E-state index in [9.17, 15) is 4.79 Å². The summed E-state index contributed by atoms with van der Waals surface area (Å²) in [6.07, 6.45) is 0.891. The van der Waals surface area contributed by atoms with Crippen molar-refractivity contribution in [3.05, 3.63) is 35.4 Å². The summed E-state index contributed by atoms with van der Waals surface area (Å²) in [5, 5.41) is 0. The van der Waals surface area contributed by atoms with Gasteiger partial charge >= 0.3 is 0 Å². The van der Waals surface area contributed by atoms with Gasteiger partial charge in [-0.1, -0.05) is 30.9 Å². The topological polar surface area (TPSA) is 55.6 Å². The summed E-state index contributed by atoms with van der Waals surface area (Å²) in [5.74, 6) is 5.81. The van der Waals surface area contributed by atoms with Crippen LogP contribution in [0.5, 0.6) is 0 Å². The van der Waals surface area contributed by atoms with Crippen LogP contribution in [-0.4, -0.2) is 43.2 Å². The quantitative estimate of drug-likeness (QED) is 0.824. The highest BCUT2D eigenvalue weighted by Gasteiger charge is 2.27. The molecule has 1 unspecified atom stereocenters. The predicted octanol–water partition coefficient (Wildman–Crippen LogP) is 1.25. The largest absolute Gasteiger partial charge is 0.377 e. The number of rotatable bonds is 2. The zero-order valence-corrected chi connectivity index (χ0v) is 11.8. The van der Waals surface area contributed by atoms with Gasteiger partial charge in [0.05, 0.1) is 31.4 Å². The van der Waals surface area contributed by atoms with Crippen molar-refractivity contribution in [2.45, 2.75) is 19.4 Å². The third kappa shape index (κ3) is 3.19. The standard InChI is InChI=1S/C16H20N2O2/c1-2-14-12-20-11-10-18(14)16(19)15-8-4-3-6-13(15)7-5-9-17/h3-4,6,8,14H,2,9-12,17H2,1H3. The fourth-order valence-electron chi connectivity index (χ4n) is 2.34. The van der Waals surface area contributed by atoms with Crippen molar-refractivity contribution in [2.24, 2.45) is 5.73 Å². The van der Waals surface area contributed by atoms with Gasteiger partial charge in [-0.05, 0) is 18.6 Å². The molecule has 1 aliphatic heterocycles. The van der Waals surface area contributed by atoms with Gasteiger partial charge in [0.25, 0.3) is 5.91 Å². The molecule has 1 atom stereocenters. The number of nitrogens with zero attached hydrogens (tertiary/aromatic N) is 1. The van der Waals surface area contributed by atoms with Crippen LogP contribution in [0.25, 0.3) is 0 Å². The summed E-state index contributed by atoms with van der Waals surface area (Å²) in [5.41, 5.74) is 6.79. The first-order chi connectivity index (χ1) is 9.77. The Kier molecular flexibility index (Phi) is 5.16. The molecule has 1 heterocycles. The second kappa shape index (κ2) is 7.09. The van der Waals surface area contributed by atoms with Crippen molar-refractivity contribution < 1.29 is 9.53 Å². The van der Waals surface area contributed by atoms with Gasteiger partial charge in [-0.15, -0.1) is 0 Å². The summed E-state index contributed by atoms with van der Waals surface area (Å²) in [4.78, 5) is 14.6. The molecule has 0 bridgehead atoms.